The number of rotatable bonds is 5. The topological polar surface area (TPSA) is 52.3 Å². The maximum absolute atomic E-state index is 12.8. The Kier molecular flexibility index (Phi) is 4.41. The monoisotopic (exact) mass is 263 g/mol. The lowest BCUT2D eigenvalue weighted by Crippen LogP contribution is -2.51. The van der Waals surface area contributed by atoms with Crippen LogP contribution in [0.4, 0.5) is 0 Å². The average molecular weight is 263 g/mol. The van der Waals surface area contributed by atoms with Gasteiger partial charge < -0.3 is 10.5 Å². The molecule has 19 heavy (non-hydrogen) atoms. The molecular formula is C16H25NO2. The number of para-hydroxylation sites is 1. The molecule has 0 aromatic heterocycles. The fourth-order valence-corrected chi connectivity index (χ4v) is 1.64. The van der Waals surface area contributed by atoms with E-state index in [9.17, 15) is 4.79 Å². The fourth-order valence-electron chi connectivity index (χ4n) is 1.64. The van der Waals surface area contributed by atoms with Gasteiger partial charge in [0.25, 0.3) is 0 Å². The number of ketones is 1. The van der Waals surface area contributed by atoms with Crippen LogP contribution >= 0.6 is 0 Å². The van der Waals surface area contributed by atoms with Crippen LogP contribution < -0.4 is 10.5 Å². The van der Waals surface area contributed by atoms with Crippen LogP contribution in [-0.2, 0) is 0 Å². The third-order valence-electron chi connectivity index (χ3n) is 3.67. The van der Waals surface area contributed by atoms with Gasteiger partial charge in [-0.2, -0.15) is 0 Å². The second-order valence-corrected chi connectivity index (χ2v) is 6.34. The number of Topliss-reactive ketones (excluding diaryl/α,β-unsaturated/α-hetero) is 1. The van der Waals surface area contributed by atoms with Crippen molar-refractivity contribution in [2.24, 2.45) is 11.1 Å². The van der Waals surface area contributed by atoms with Crippen molar-refractivity contribution in [1.82, 2.24) is 0 Å². The van der Waals surface area contributed by atoms with Gasteiger partial charge in [0.15, 0.2) is 5.78 Å². The Labute approximate surface area is 116 Å². The van der Waals surface area contributed by atoms with E-state index in [1.165, 1.54) is 0 Å². The quantitative estimate of drug-likeness (QED) is 0.828. The number of carbonyl (C=O) groups excluding carboxylic acids is 1. The molecule has 0 bridgehead atoms. The van der Waals surface area contributed by atoms with Crippen molar-refractivity contribution in [1.29, 1.82) is 0 Å². The predicted molar refractivity (Wildman–Crippen MR) is 78.6 cm³/mol. The van der Waals surface area contributed by atoms with E-state index in [4.69, 9.17) is 10.5 Å². The van der Waals surface area contributed by atoms with Crippen molar-refractivity contribution in [2.75, 3.05) is 0 Å². The van der Waals surface area contributed by atoms with E-state index >= 15 is 0 Å². The smallest absolute Gasteiger partial charge is 0.173 e. The summed E-state index contributed by atoms with van der Waals surface area (Å²) in [6.07, 6.45) is 0.0305. The lowest BCUT2D eigenvalue weighted by molar-refractivity contribution is 0.0729. The zero-order valence-corrected chi connectivity index (χ0v) is 12.8. The van der Waals surface area contributed by atoms with Crippen LogP contribution in [0.15, 0.2) is 24.3 Å². The summed E-state index contributed by atoms with van der Waals surface area (Å²) in [5.41, 5.74) is 5.47. The van der Waals surface area contributed by atoms with E-state index in [-0.39, 0.29) is 11.9 Å². The van der Waals surface area contributed by atoms with Crippen LogP contribution in [0.3, 0.4) is 0 Å². The van der Waals surface area contributed by atoms with Crippen molar-refractivity contribution in [2.45, 2.75) is 53.2 Å². The van der Waals surface area contributed by atoms with Gasteiger partial charge in [-0.15, -0.1) is 0 Å². The molecule has 3 nitrogen and oxygen atoms in total. The summed E-state index contributed by atoms with van der Waals surface area (Å²) in [4.78, 5) is 12.8. The number of ether oxygens (including phenoxy) is 1. The van der Waals surface area contributed by atoms with Crippen molar-refractivity contribution in [3.63, 3.8) is 0 Å². The van der Waals surface area contributed by atoms with Crippen molar-refractivity contribution >= 4 is 5.78 Å². The highest BCUT2D eigenvalue weighted by molar-refractivity contribution is 6.03. The summed E-state index contributed by atoms with van der Waals surface area (Å²) < 4.78 is 5.71. The zero-order valence-electron chi connectivity index (χ0n) is 12.8. The minimum atomic E-state index is -0.663. The van der Waals surface area contributed by atoms with Gasteiger partial charge in [0, 0.05) is 11.0 Å². The van der Waals surface area contributed by atoms with Gasteiger partial charge in [-0.05, 0) is 39.8 Å². The van der Waals surface area contributed by atoms with Gasteiger partial charge in [0.05, 0.1) is 11.7 Å². The zero-order chi connectivity index (χ0) is 14.8. The SMILES string of the molecule is CC(C)Oc1ccccc1C(=O)C(C)(C)C(C)(C)N. The lowest BCUT2D eigenvalue weighted by Gasteiger charge is -2.37. The first-order chi connectivity index (χ1) is 8.57. The Morgan fingerprint density at radius 2 is 1.68 bits per heavy atom. The van der Waals surface area contributed by atoms with Crippen LogP contribution in [0.25, 0.3) is 0 Å². The van der Waals surface area contributed by atoms with Gasteiger partial charge in [0.2, 0.25) is 0 Å². The van der Waals surface area contributed by atoms with E-state index in [1.807, 2.05) is 59.7 Å². The minimum Gasteiger partial charge on any atom is -0.490 e. The molecule has 0 fully saturated rings. The fraction of sp³-hybridized carbons (Fsp3) is 0.562. The Balaban J connectivity index is 3.20. The summed E-state index contributed by atoms with van der Waals surface area (Å²) in [7, 11) is 0. The molecule has 2 N–H and O–H groups in total. The second-order valence-electron chi connectivity index (χ2n) is 6.34. The molecule has 0 aliphatic heterocycles. The Bertz CT molecular complexity index is 456. The molecule has 0 amide bonds. The molecule has 0 aliphatic carbocycles. The second kappa shape index (κ2) is 5.33. The first-order valence-corrected chi connectivity index (χ1v) is 6.66. The normalized spacial score (nSPS) is 12.6. The van der Waals surface area contributed by atoms with Gasteiger partial charge in [0.1, 0.15) is 5.75 Å². The van der Waals surface area contributed by atoms with Crippen LogP contribution in [0, 0.1) is 5.41 Å². The molecule has 106 valence electrons. The molecule has 0 heterocycles. The molecule has 0 spiro atoms. The summed E-state index contributed by atoms with van der Waals surface area (Å²) in [5.74, 6) is 0.635. The van der Waals surface area contributed by atoms with E-state index in [0.717, 1.165) is 0 Å². The summed E-state index contributed by atoms with van der Waals surface area (Å²) >= 11 is 0. The van der Waals surface area contributed by atoms with Crippen molar-refractivity contribution < 1.29 is 9.53 Å². The highest BCUT2D eigenvalue weighted by Crippen LogP contribution is 2.35. The van der Waals surface area contributed by atoms with Gasteiger partial charge in [-0.25, -0.2) is 0 Å². The van der Waals surface area contributed by atoms with Crippen LogP contribution in [-0.4, -0.2) is 17.4 Å². The average Bonchev–Trinajstić information content (AvgIpc) is 2.26. The lowest BCUT2D eigenvalue weighted by atomic mass is 9.70. The van der Waals surface area contributed by atoms with Crippen molar-refractivity contribution in [3.05, 3.63) is 29.8 Å². The number of carbonyl (C=O) groups is 1. The highest BCUT2D eigenvalue weighted by Gasteiger charge is 2.41. The number of hydrogen-bond acceptors (Lipinski definition) is 3. The summed E-state index contributed by atoms with van der Waals surface area (Å²) in [5, 5.41) is 0. The molecule has 1 aromatic rings. The van der Waals surface area contributed by atoms with Gasteiger partial charge in [-0.3, -0.25) is 4.79 Å². The van der Waals surface area contributed by atoms with Crippen LogP contribution in [0.1, 0.15) is 51.9 Å². The van der Waals surface area contributed by atoms with E-state index in [0.29, 0.717) is 11.3 Å². The molecule has 0 radical (unpaired) electrons. The molecule has 0 unspecified atom stereocenters. The molecular weight excluding hydrogens is 238 g/mol. The predicted octanol–water partition coefficient (Wildman–Crippen LogP) is 3.42. The highest BCUT2D eigenvalue weighted by atomic mass is 16.5. The molecule has 0 atom stereocenters. The van der Waals surface area contributed by atoms with E-state index in [1.54, 1.807) is 6.07 Å². The summed E-state index contributed by atoms with van der Waals surface area (Å²) in [6, 6.07) is 7.34. The van der Waals surface area contributed by atoms with Crippen molar-refractivity contribution in [3.8, 4) is 5.75 Å². The maximum Gasteiger partial charge on any atom is 0.173 e. The molecule has 0 saturated heterocycles. The minimum absolute atomic E-state index is 0.0104. The van der Waals surface area contributed by atoms with E-state index in [2.05, 4.69) is 0 Å². The maximum atomic E-state index is 12.8. The third-order valence-corrected chi connectivity index (χ3v) is 3.67. The summed E-state index contributed by atoms with van der Waals surface area (Å²) in [6.45, 7) is 11.4. The Morgan fingerprint density at radius 1 is 1.16 bits per heavy atom. The van der Waals surface area contributed by atoms with Gasteiger partial charge in [-0.1, -0.05) is 26.0 Å². The molecule has 3 heteroatoms. The largest absolute Gasteiger partial charge is 0.490 e. The number of nitrogens with two attached hydrogens (primary N) is 1. The van der Waals surface area contributed by atoms with E-state index < -0.39 is 11.0 Å². The number of hydrogen-bond donors (Lipinski definition) is 1. The van der Waals surface area contributed by atoms with Gasteiger partial charge >= 0.3 is 0 Å². The Hall–Kier alpha value is -1.35. The Morgan fingerprint density at radius 3 is 2.16 bits per heavy atom. The molecule has 1 rings (SSSR count). The molecule has 0 aliphatic rings. The molecule has 1 aromatic carbocycles. The standard InChI is InChI=1S/C16H25NO2/c1-11(2)19-13-10-8-7-9-12(13)14(18)15(3,4)16(5,6)17/h7-11H,17H2,1-6H3. The van der Waals surface area contributed by atoms with Crippen LogP contribution in [0.2, 0.25) is 0 Å². The molecule has 0 saturated carbocycles. The number of benzene rings is 1. The first kappa shape index (κ1) is 15.7. The third kappa shape index (κ3) is 3.35. The van der Waals surface area contributed by atoms with Crippen LogP contribution in [0.5, 0.6) is 5.75 Å². The first-order valence-electron chi connectivity index (χ1n) is 6.66.